The van der Waals surface area contributed by atoms with Gasteiger partial charge in [0.25, 0.3) is 0 Å². The Bertz CT molecular complexity index is 2420. The summed E-state index contributed by atoms with van der Waals surface area (Å²) >= 11 is 0. The van der Waals surface area contributed by atoms with E-state index < -0.39 is 0 Å². The number of nitrogens with zero attached hydrogens (tertiary/aromatic N) is 4. The molecule has 0 N–H and O–H groups in total. The van der Waals surface area contributed by atoms with Crippen LogP contribution in [0.5, 0.6) is 0 Å². The first kappa shape index (κ1) is 24.5. The Kier molecular flexibility index (Phi) is 5.43. The molecule has 5 nitrogen and oxygen atoms in total. The van der Waals surface area contributed by atoms with Crippen molar-refractivity contribution in [1.82, 2.24) is 19.5 Å². The highest BCUT2D eigenvalue weighted by atomic mass is 16.3. The zero-order valence-corrected chi connectivity index (χ0v) is 23.6. The fourth-order valence-electron chi connectivity index (χ4n) is 6.19. The summed E-state index contributed by atoms with van der Waals surface area (Å²) in [6.07, 6.45) is 0. The van der Waals surface area contributed by atoms with E-state index in [4.69, 9.17) is 19.4 Å². The minimum atomic E-state index is 0.538. The van der Waals surface area contributed by atoms with Crippen molar-refractivity contribution in [1.29, 1.82) is 0 Å². The van der Waals surface area contributed by atoms with Crippen LogP contribution in [-0.4, -0.2) is 19.5 Å². The summed E-state index contributed by atoms with van der Waals surface area (Å²) in [4.78, 5) is 15.2. The molecule has 206 valence electrons. The van der Waals surface area contributed by atoms with Crippen LogP contribution in [0.3, 0.4) is 0 Å². The molecule has 0 saturated heterocycles. The lowest BCUT2D eigenvalue weighted by atomic mass is 10.0. The molecule has 0 fully saturated rings. The van der Waals surface area contributed by atoms with Gasteiger partial charge < -0.3 is 4.42 Å². The lowest BCUT2D eigenvalue weighted by Gasteiger charge is -2.11. The highest BCUT2D eigenvalue weighted by Crippen LogP contribution is 2.41. The van der Waals surface area contributed by atoms with Crippen LogP contribution in [0.1, 0.15) is 0 Å². The summed E-state index contributed by atoms with van der Waals surface area (Å²) in [6.45, 7) is 0. The molecule has 3 aromatic heterocycles. The summed E-state index contributed by atoms with van der Waals surface area (Å²) in [5.41, 5.74) is 7.70. The second-order valence-corrected chi connectivity index (χ2v) is 10.9. The Morgan fingerprint density at radius 2 is 1.00 bits per heavy atom. The van der Waals surface area contributed by atoms with Gasteiger partial charge in [0.05, 0.1) is 5.52 Å². The van der Waals surface area contributed by atoms with Gasteiger partial charge in [-0.25, -0.2) is 4.98 Å². The van der Waals surface area contributed by atoms with Crippen molar-refractivity contribution in [2.75, 3.05) is 0 Å². The zero-order valence-electron chi connectivity index (χ0n) is 23.6. The first-order chi connectivity index (χ1) is 21.8. The first-order valence-electron chi connectivity index (χ1n) is 14.6. The molecule has 3 heterocycles. The van der Waals surface area contributed by atoms with Crippen LogP contribution in [0, 0.1) is 0 Å². The number of furan rings is 1. The van der Waals surface area contributed by atoms with Crippen molar-refractivity contribution < 1.29 is 4.42 Å². The Morgan fingerprint density at radius 1 is 0.432 bits per heavy atom. The van der Waals surface area contributed by atoms with Crippen molar-refractivity contribution in [3.63, 3.8) is 0 Å². The molecule has 0 atom stereocenters. The topological polar surface area (TPSA) is 56.7 Å². The van der Waals surface area contributed by atoms with E-state index in [0.29, 0.717) is 17.6 Å². The molecule has 0 aliphatic carbocycles. The second-order valence-electron chi connectivity index (χ2n) is 10.9. The lowest BCUT2D eigenvalue weighted by molar-refractivity contribution is 0.670. The summed E-state index contributed by atoms with van der Waals surface area (Å²) in [5.74, 6) is 1.76. The molecule has 0 aliphatic heterocycles. The Morgan fingerprint density at radius 3 is 1.68 bits per heavy atom. The van der Waals surface area contributed by atoms with Gasteiger partial charge in [0.2, 0.25) is 5.95 Å². The summed E-state index contributed by atoms with van der Waals surface area (Å²) in [7, 11) is 0. The van der Waals surface area contributed by atoms with E-state index in [0.717, 1.165) is 66.0 Å². The van der Waals surface area contributed by atoms with Gasteiger partial charge in [-0.2, -0.15) is 9.97 Å². The molecular weight excluding hydrogens is 540 g/mol. The van der Waals surface area contributed by atoms with Crippen molar-refractivity contribution in [2.45, 2.75) is 0 Å². The monoisotopic (exact) mass is 564 g/mol. The molecular formula is C39H24N4O. The summed E-state index contributed by atoms with van der Waals surface area (Å²) < 4.78 is 8.77. The minimum absolute atomic E-state index is 0.538. The molecule has 0 amide bonds. The average Bonchev–Trinajstić information content (AvgIpc) is 3.65. The fourth-order valence-corrected chi connectivity index (χ4v) is 6.19. The van der Waals surface area contributed by atoms with E-state index in [1.54, 1.807) is 0 Å². The first-order valence-corrected chi connectivity index (χ1v) is 14.6. The van der Waals surface area contributed by atoms with Gasteiger partial charge in [-0.1, -0.05) is 127 Å². The van der Waals surface area contributed by atoms with Crippen molar-refractivity contribution in [3.05, 3.63) is 146 Å². The number of hydrogen-bond donors (Lipinski definition) is 0. The van der Waals surface area contributed by atoms with Crippen LogP contribution in [-0.2, 0) is 0 Å². The minimum Gasteiger partial charge on any atom is -0.454 e. The van der Waals surface area contributed by atoms with E-state index in [1.165, 1.54) is 0 Å². The van der Waals surface area contributed by atoms with Gasteiger partial charge in [0.1, 0.15) is 11.1 Å². The number of rotatable bonds is 4. The predicted molar refractivity (Wildman–Crippen MR) is 178 cm³/mol. The van der Waals surface area contributed by atoms with E-state index in [-0.39, 0.29) is 0 Å². The third-order valence-electron chi connectivity index (χ3n) is 8.27. The van der Waals surface area contributed by atoms with E-state index in [2.05, 4.69) is 65.2 Å². The molecule has 0 unspecified atom stereocenters. The van der Waals surface area contributed by atoms with Crippen LogP contribution in [0.25, 0.3) is 83.6 Å². The molecule has 0 bridgehead atoms. The molecule has 0 spiro atoms. The highest BCUT2D eigenvalue weighted by Gasteiger charge is 2.22. The maximum Gasteiger partial charge on any atom is 0.238 e. The van der Waals surface area contributed by atoms with Gasteiger partial charge in [-0.05, 0) is 29.3 Å². The van der Waals surface area contributed by atoms with E-state index in [1.807, 2.05) is 84.9 Å². The quantitative estimate of drug-likeness (QED) is 0.213. The van der Waals surface area contributed by atoms with Gasteiger partial charge in [-0.3, -0.25) is 4.57 Å². The maximum atomic E-state index is 6.61. The number of benzene rings is 6. The Hall–Kier alpha value is -6.07. The normalized spacial score (nSPS) is 11.6. The molecule has 9 aromatic rings. The van der Waals surface area contributed by atoms with Crippen LogP contribution in [0.2, 0.25) is 0 Å². The van der Waals surface area contributed by atoms with Crippen LogP contribution >= 0.6 is 0 Å². The third kappa shape index (κ3) is 3.83. The Balaban J connectivity index is 1.44. The van der Waals surface area contributed by atoms with Crippen LogP contribution in [0.4, 0.5) is 0 Å². The number of hydrogen-bond acceptors (Lipinski definition) is 4. The smallest absolute Gasteiger partial charge is 0.238 e. The molecule has 0 aliphatic rings. The molecule has 0 radical (unpaired) electrons. The third-order valence-corrected chi connectivity index (χ3v) is 8.27. The van der Waals surface area contributed by atoms with Gasteiger partial charge in [-0.15, -0.1) is 0 Å². The molecule has 6 aromatic carbocycles. The fraction of sp³-hybridized carbons (Fsp3) is 0. The van der Waals surface area contributed by atoms with Gasteiger partial charge >= 0.3 is 0 Å². The maximum absolute atomic E-state index is 6.61. The highest BCUT2D eigenvalue weighted by molar-refractivity contribution is 6.21. The van der Waals surface area contributed by atoms with Crippen LogP contribution in [0.15, 0.2) is 150 Å². The molecule has 0 saturated carbocycles. The standard InChI is InChI=1S/C39H24N4O/c1-4-12-25(13-5-1)28-20-21-29-31-22-23-32-30-18-10-11-19-34(30)44-36(32)35(31)43(33(29)24-28)39-41-37(26-14-6-2-7-15-26)40-38(42-39)27-16-8-3-9-17-27/h1-24H. The predicted octanol–water partition coefficient (Wildman–Crippen LogP) is 9.87. The van der Waals surface area contributed by atoms with Crippen molar-refractivity contribution in [3.8, 4) is 39.9 Å². The van der Waals surface area contributed by atoms with E-state index in [9.17, 15) is 0 Å². The van der Waals surface area contributed by atoms with E-state index >= 15 is 0 Å². The van der Waals surface area contributed by atoms with Crippen LogP contribution < -0.4 is 0 Å². The zero-order chi connectivity index (χ0) is 29.0. The molecule has 5 heteroatoms. The number of aromatic nitrogens is 4. The largest absolute Gasteiger partial charge is 0.454 e. The van der Waals surface area contributed by atoms with Crippen molar-refractivity contribution in [2.24, 2.45) is 0 Å². The number of para-hydroxylation sites is 1. The lowest BCUT2D eigenvalue weighted by Crippen LogP contribution is -2.06. The summed E-state index contributed by atoms with van der Waals surface area (Å²) in [5, 5.41) is 4.32. The van der Waals surface area contributed by atoms with Gasteiger partial charge in [0, 0.05) is 32.7 Å². The molecule has 9 rings (SSSR count). The van der Waals surface area contributed by atoms with Gasteiger partial charge in [0.15, 0.2) is 17.2 Å². The summed E-state index contributed by atoms with van der Waals surface area (Å²) in [6, 6.07) is 49.7. The SMILES string of the molecule is c1ccc(-c2ccc3c4ccc5c6ccccc6oc5c4n(-c4nc(-c5ccccc5)nc(-c5ccccc5)n4)c3c2)cc1. The Labute approximate surface area is 252 Å². The van der Waals surface area contributed by atoms with Crippen molar-refractivity contribution >= 4 is 43.7 Å². The molecule has 44 heavy (non-hydrogen) atoms. The number of fused-ring (bicyclic) bond motifs is 7. The average molecular weight is 565 g/mol. The second kappa shape index (κ2) is 9.75.